The van der Waals surface area contributed by atoms with Crippen molar-refractivity contribution in [2.75, 3.05) is 13.6 Å². The number of carbonyl (C=O) groups is 1. The molecule has 2 N–H and O–H groups in total. The maximum absolute atomic E-state index is 10.6. The van der Waals surface area contributed by atoms with E-state index >= 15 is 0 Å². The molecule has 0 heterocycles. The largest absolute Gasteiger partial charge is 0.345 e. The lowest BCUT2D eigenvalue weighted by molar-refractivity contribution is -0.118. The van der Waals surface area contributed by atoms with Gasteiger partial charge < -0.3 is 10.6 Å². The first-order valence-electron chi connectivity index (χ1n) is 5.19. The Morgan fingerprint density at radius 1 is 1.44 bits per heavy atom. The first kappa shape index (κ1) is 12.3. The lowest BCUT2D eigenvalue weighted by Crippen LogP contribution is -2.19. The van der Waals surface area contributed by atoms with Crippen LogP contribution in [0.15, 0.2) is 24.3 Å². The van der Waals surface area contributed by atoms with Crippen molar-refractivity contribution in [3.8, 4) is 11.8 Å². The van der Waals surface area contributed by atoms with Crippen LogP contribution in [0.3, 0.4) is 0 Å². The van der Waals surface area contributed by atoms with Gasteiger partial charge in [-0.1, -0.05) is 24.0 Å². The third-order valence-corrected chi connectivity index (χ3v) is 1.97. The lowest BCUT2D eigenvalue weighted by atomic mass is 10.1. The average Bonchev–Trinajstić information content (AvgIpc) is 2.25. The fourth-order valence-corrected chi connectivity index (χ4v) is 1.28. The molecule has 0 saturated heterocycles. The number of hydrogen-bond donors (Lipinski definition) is 2. The van der Waals surface area contributed by atoms with Crippen LogP contribution in [-0.4, -0.2) is 19.5 Å². The lowest BCUT2D eigenvalue weighted by Gasteiger charge is -1.99. The van der Waals surface area contributed by atoms with Crippen LogP contribution < -0.4 is 10.6 Å². The summed E-state index contributed by atoms with van der Waals surface area (Å²) in [5.74, 6) is 5.85. The third-order valence-electron chi connectivity index (χ3n) is 1.97. The summed E-state index contributed by atoms with van der Waals surface area (Å²) in [7, 11) is 1.91. The van der Waals surface area contributed by atoms with Gasteiger partial charge >= 0.3 is 0 Å². The summed E-state index contributed by atoms with van der Waals surface area (Å²) in [5, 5.41) is 5.72. The van der Waals surface area contributed by atoms with E-state index in [0.29, 0.717) is 6.54 Å². The van der Waals surface area contributed by atoms with Crippen LogP contribution in [0.5, 0.6) is 0 Å². The second-order valence-electron chi connectivity index (χ2n) is 3.44. The minimum atomic E-state index is -0.0572. The highest BCUT2D eigenvalue weighted by molar-refractivity contribution is 5.73. The molecule has 0 atom stereocenters. The van der Waals surface area contributed by atoms with Gasteiger partial charge in [-0.25, -0.2) is 0 Å². The van der Waals surface area contributed by atoms with Crippen molar-refractivity contribution >= 4 is 5.91 Å². The number of carbonyl (C=O) groups excluding carboxylic acids is 1. The maximum Gasteiger partial charge on any atom is 0.217 e. The van der Waals surface area contributed by atoms with Gasteiger partial charge in [0.15, 0.2) is 0 Å². The van der Waals surface area contributed by atoms with E-state index in [2.05, 4.69) is 28.5 Å². The predicted octanol–water partition coefficient (Wildman–Crippen LogP) is 0.894. The Hall–Kier alpha value is -1.79. The molecule has 0 aliphatic rings. The van der Waals surface area contributed by atoms with Gasteiger partial charge in [0.2, 0.25) is 5.91 Å². The predicted molar refractivity (Wildman–Crippen MR) is 64.8 cm³/mol. The quantitative estimate of drug-likeness (QED) is 0.737. The molecule has 0 spiro atoms. The molecule has 0 aromatic heterocycles. The van der Waals surface area contributed by atoms with Crippen molar-refractivity contribution in [3.05, 3.63) is 35.4 Å². The van der Waals surface area contributed by atoms with Crippen LogP contribution in [-0.2, 0) is 11.3 Å². The van der Waals surface area contributed by atoms with Gasteiger partial charge in [-0.05, 0) is 24.7 Å². The fourth-order valence-electron chi connectivity index (χ4n) is 1.28. The van der Waals surface area contributed by atoms with Gasteiger partial charge in [-0.3, -0.25) is 4.79 Å². The van der Waals surface area contributed by atoms with Crippen LogP contribution in [0.1, 0.15) is 18.1 Å². The fraction of sp³-hybridized carbons (Fsp3) is 0.308. The van der Waals surface area contributed by atoms with Crippen LogP contribution in [0, 0.1) is 11.8 Å². The second kappa shape index (κ2) is 6.65. The molecule has 84 valence electrons. The van der Waals surface area contributed by atoms with Gasteiger partial charge in [0, 0.05) is 19.0 Å². The molecule has 0 aliphatic carbocycles. The van der Waals surface area contributed by atoms with Gasteiger partial charge in [-0.2, -0.15) is 0 Å². The molecule has 1 rings (SSSR count). The van der Waals surface area contributed by atoms with Gasteiger partial charge in [-0.15, -0.1) is 0 Å². The van der Waals surface area contributed by atoms with E-state index < -0.39 is 0 Å². The molecule has 1 aromatic rings. The Morgan fingerprint density at radius 3 is 2.94 bits per heavy atom. The zero-order valence-electron chi connectivity index (χ0n) is 9.63. The number of rotatable bonds is 3. The molecule has 1 aromatic carbocycles. The topological polar surface area (TPSA) is 41.1 Å². The Labute approximate surface area is 96.2 Å². The zero-order valence-corrected chi connectivity index (χ0v) is 9.63. The van der Waals surface area contributed by atoms with Crippen molar-refractivity contribution in [3.63, 3.8) is 0 Å². The molecule has 0 radical (unpaired) electrons. The molecule has 1 amide bonds. The van der Waals surface area contributed by atoms with E-state index in [-0.39, 0.29) is 5.91 Å². The van der Waals surface area contributed by atoms with Crippen molar-refractivity contribution in [1.29, 1.82) is 0 Å². The number of hydrogen-bond acceptors (Lipinski definition) is 2. The zero-order chi connectivity index (χ0) is 11.8. The highest BCUT2D eigenvalue weighted by atomic mass is 16.1. The third kappa shape index (κ3) is 4.63. The van der Waals surface area contributed by atoms with E-state index in [1.54, 1.807) is 0 Å². The molecular formula is C13H16N2O. The van der Waals surface area contributed by atoms with Gasteiger partial charge in [0.05, 0.1) is 6.54 Å². The molecular weight excluding hydrogens is 200 g/mol. The number of amides is 1. The number of nitrogens with one attached hydrogen (secondary N) is 2. The summed E-state index contributed by atoms with van der Waals surface area (Å²) in [5.41, 5.74) is 2.17. The van der Waals surface area contributed by atoms with Crippen LogP contribution >= 0.6 is 0 Å². The summed E-state index contributed by atoms with van der Waals surface area (Å²) in [6, 6.07) is 8.03. The van der Waals surface area contributed by atoms with Crippen molar-refractivity contribution < 1.29 is 4.79 Å². The highest BCUT2D eigenvalue weighted by Gasteiger charge is 1.91. The highest BCUT2D eigenvalue weighted by Crippen LogP contribution is 2.03. The minimum absolute atomic E-state index is 0.0572. The average molecular weight is 216 g/mol. The second-order valence-corrected chi connectivity index (χ2v) is 3.44. The molecule has 0 bridgehead atoms. The summed E-state index contributed by atoms with van der Waals surface area (Å²) >= 11 is 0. The van der Waals surface area contributed by atoms with Crippen LogP contribution in [0.4, 0.5) is 0 Å². The summed E-state index contributed by atoms with van der Waals surface area (Å²) in [6.07, 6.45) is 0. The van der Waals surface area contributed by atoms with Gasteiger partial charge in [0.25, 0.3) is 0 Å². The van der Waals surface area contributed by atoms with Gasteiger partial charge in [0.1, 0.15) is 0 Å². The summed E-state index contributed by atoms with van der Waals surface area (Å²) in [4.78, 5) is 10.6. The van der Waals surface area contributed by atoms with Crippen LogP contribution in [0.25, 0.3) is 0 Å². The standard InChI is InChI=1S/C13H16N2O/c1-11(16)15-8-4-7-12-5-3-6-13(9-12)10-14-2/h3,5-6,9,14H,8,10H2,1-2H3,(H,15,16). The first-order chi connectivity index (χ1) is 7.72. The Bertz CT molecular complexity index is 415. The Balaban J connectivity index is 2.58. The Morgan fingerprint density at radius 2 is 2.25 bits per heavy atom. The molecule has 16 heavy (non-hydrogen) atoms. The minimum Gasteiger partial charge on any atom is -0.345 e. The number of benzene rings is 1. The molecule has 3 nitrogen and oxygen atoms in total. The molecule has 0 unspecified atom stereocenters. The van der Waals surface area contributed by atoms with E-state index in [4.69, 9.17) is 0 Å². The SMILES string of the molecule is CNCc1cccc(C#CCNC(C)=O)c1. The van der Waals surface area contributed by atoms with E-state index in [1.165, 1.54) is 12.5 Å². The molecule has 0 fully saturated rings. The smallest absolute Gasteiger partial charge is 0.217 e. The monoisotopic (exact) mass is 216 g/mol. The normalized spacial score (nSPS) is 9.12. The van der Waals surface area contributed by atoms with E-state index in [0.717, 1.165) is 12.1 Å². The molecule has 0 saturated carbocycles. The summed E-state index contributed by atoms with van der Waals surface area (Å²) in [6.45, 7) is 2.71. The molecule has 0 aliphatic heterocycles. The summed E-state index contributed by atoms with van der Waals surface area (Å²) < 4.78 is 0. The van der Waals surface area contributed by atoms with Crippen molar-refractivity contribution in [1.82, 2.24) is 10.6 Å². The van der Waals surface area contributed by atoms with Crippen molar-refractivity contribution in [2.24, 2.45) is 0 Å². The Kier molecular flexibility index (Phi) is 5.10. The maximum atomic E-state index is 10.6. The van der Waals surface area contributed by atoms with E-state index in [9.17, 15) is 4.79 Å². The van der Waals surface area contributed by atoms with E-state index in [1.807, 2.05) is 25.2 Å². The van der Waals surface area contributed by atoms with Crippen molar-refractivity contribution in [2.45, 2.75) is 13.5 Å². The van der Waals surface area contributed by atoms with Crippen LogP contribution in [0.2, 0.25) is 0 Å². The first-order valence-corrected chi connectivity index (χ1v) is 5.19. The molecule has 3 heteroatoms.